The Kier molecular flexibility index (Phi) is 4.14. The molecule has 0 aromatic carbocycles. The minimum atomic E-state index is -0.229. The molecule has 0 saturated carbocycles. The molecule has 1 unspecified atom stereocenters. The molecular weight excluding hydrogens is 214 g/mol. The lowest BCUT2D eigenvalue weighted by atomic mass is 10.4. The third kappa shape index (κ3) is 2.95. The smallest absolute Gasteiger partial charge is 0.242 e. The van der Waals surface area contributed by atoms with Crippen molar-refractivity contribution < 1.29 is 9.59 Å². The van der Waals surface area contributed by atoms with Gasteiger partial charge in [0.15, 0.2) is 0 Å². The maximum Gasteiger partial charge on any atom is 0.242 e. The predicted octanol–water partition coefficient (Wildman–Crippen LogP) is -0.146. The summed E-state index contributed by atoms with van der Waals surface area (Å²) in [5.74, 6) is 1.10. The molecular formula is C9H15N3O2S. The monoisotopic (exact) mass is 229 g/mol. The van der Waals surface area contributed by atoms with Gasteiger partial charge >= 0.3 is 0 Å². The van der Waals surface area contributed by atoms with E-state index < -0.39 is 0 Å². The van der Waals surface area contributed by atoms with Crippen molar-refractivity contribution in [3.05, 3.63) is 0 Å². The van der Waals surface area contributed by atoms with Gasteiger partial charge in [-0.25, -0.2) is 0 Å². The van der Waals surface area contributed by atoms with Gasteiger partial charge in [-0.2, -0.15) is 0 Å². The van der Waals surface area contributed by atoms with Gasteiger partial charge in [0.2, 0.25) is 11.8 Å². The number of carbonyl (C=O) groups excluding carboxylic acids is 2. The van der Waals surface area contributed by atoms with Crippen LogP contribution in [0, 0.1) is 0 Å². The summed E-state index contributed by atoms with van der Waals surface area (Å²) >= 11 is 1.47. The Morgan fingerprint density at radius 1 is 1.67 bits per heavy atom. The molecule has 1 fully saturated rings. The van der Waals surface area contributed by atoms with Gasteiger partial charge in [-0.3, -0.25) is 19.5 Å². The van der Waals surface area contributed by atoms with Crippen molar-refractivity contribution in [3.63, 3.8) is 0 Å². The van der Waals surface area contributed by atoms with Crippen LogP contribution >= 0.6 is 11.8 Å². The highest BCUT2D eigenvalue weighted by atomic mass is 32.2. The molecule has 2 amide bonds. The van der Waals surface area contributed by atoms with Crippen molar-refractivity contribution in [2.45, 2.75) is 18.1 Å². The van der Waals surface area contributed by atoms with Crippen LogP contribution in [0.25, 0.3) is 0 Å². The van der Waals surface area contributed by atoms with Crippen LogP contribution in [0.5, 0.6) is 0 Å². The highest BCUT2D eigenvalue weighted by Crippen LogP contribution is 2.24. The number of amides is 2. The summed E-state index contributed by atoms with van der Waals surface area (Å²) in [4.78, 5) is 27.7. The fourth-order valence-corrected chi connectivity index (χ4v) is 2.44. The molecule has 5 nitrogen and oxygen atoms in total. The molecule has 2 N–H and O–H groups in total. The average Bonchev–Trinajstić information content (AvgIpc) is 2.46. The topological polar surface area (TPSA) is 75.8 Å². The Morgan fingerprint density at radius 2 is 2.33 bits per heavy atom. The fourth-order valence-electron chi connectivity index (χ4n) is 1.27. The van der Waals surface area contributed by atoms with Crippen molar-refractivity contribution in [1.29, 1.82) is 0 Å². The van der Waals surface area contributed by atoms with Crippen LogP contribution in [0.2, 0.25) is 0 Å². The van der Waals surface area contributed by atoms with Gasteiger partial charge in [0, 0.05) is 32.7 Å². The number of likely N-dealkylation sites (tertiary alicyclic amines) is 1. The lowest BCUT2D eigenvalue weighted by molar-refractivity contribution is -0.136. The van der Waals surface area contributed by atoms with E-state index >= 15 is 0 Å². The number of thioether (sulfide) groups is 1. The molecule has 1 aliphatic heterocycles. The normalized spacial score (nSPS) is 22.7. The van der Waals surface area contributed by atoms with Crippen LogP contribution < -0.4 is 5.73 Å². The number of aliphatic imine (C=N–C) groups is 1. The van der Waals surface area contributed by atoms with Crippen LogP contribution in [-0.4, -0.2) is 47.6 Å². The molecule has 1 atom stereocenters. The van der Waals surface area contributed by atoms with Crippen LogP contribution in [0.15, 0.2) is 4.99 Å². The maximum atomic E-state index is 11.5. The Morgan fingerprint density at radius 3 is 2.80 bits per heavy atom. The number of nitrogens with two attached hydrogens (primary N) is 1. The van der Waals surface area contributed by atoms with Crippen LogP contribution in [0.1, 0.15) is 12.8 Å². The molecule has 1 aliphatic rings. The molecule has 6 heteroatoms. The largest absolute Gasteiger partial charge is 0.387 e. The van der Waals surface area contributed by atoms with E-state index in [1.54, 1.807) is 7.05 Å². The SMILES string of the molecule is CN=C(N)CCSC1CC(=O)N(C)C1=O. The van der Waals surface area contributed by atoms with Crippen molar-refractivity contribution in [3.8, 4) is 0 Å². The first-order valence-corrected chi connectivity index (χ1v) is 5.74. The summed E-state index contributed by atoms with van der Waals surface area (Å²) in [6.07, 6.45) is 0.964. The summed E-state index contributed by atoms with van der Waals surface area (Å²) < 4.78 is 0. The van der Waals surface area contributed by atoms with E-state index in [0.717, 1.165) is 5.75 Å². The van der Waals surface area contributed by atoms with Gasteiger partial charge in [-0.05, 0) is 0 Å². The predicted molar refractivity (Wildman–Crippen MR) is 60.8 cm³/mol. The Labute approximate surface area is 93.1 Å². The third-order valence-electron chi connectivity index (χ3n) is 2.30. The summed E-state index contributed by atoms with van der Waals surface area (Å²) in [6, 6.07) is 0. The third-order valence-corrected chi connectivity index (χ3v) is 3.52. The second kappa shape index (κ2) is 5.16. The number of amidine groups is 1. The first-order chi connectivity index (χ1) is 7.06. The van der Waals surface area contributed by atoms with Gasteiger partial charge in [-0.15, -0.1) is 11.8 Å². The Balaban J connectivity index is 2.35. The van der Waals surface area contributed by atoms with Crippen LogP contribution in [-0.2, 0) is 9.59 Å². The summed E-state index contributed by atoms with van der Waals surface area (Å²) in [6.45, 7) is 0. The second-order valence-electron chi connectivity index (χ2n) is 3.32. The van der Waals surface area contributed by atoms with E-state index in [9.17, 15) is 9.59 Å². The Bertz CT molecular complexity index is 304. The van der Waals surface area contributed by atoms with Gasteiger partial charge < -0.3 is 5.73 Å². The number of rotatable bonds is 4. The second-order valence-corrected chi connectivity index (χ2v) is 4.63. The van der Waals surface area contributed by atoms with Crippen LogP contribution in [0.3, 0.4) is 0 Å². The van der Waals surface area contributed by atoms with Crippen molar-refractivity contribution in [1.82, 2.24) is 4.90 Å². The number of carbonyl (C=O) groups is 2. The first-order valence-electron chi connectivity index (χ1n) is 4.69. The van der Waals surface area contributed by atoms with E-state index in [1.807, 2.05) is 0 Å². The van der Waals surface area contributed by atoms with Gasteiger partial charge in [0.05, 0.1) is 11.1 Å². The van der Waals surface area contributed by atoms with Gasteiger partial charge in [-0.1, -0.05) is 0 Å². The summed E-state index contributed by atoms with van der Waals surface area (Å²) in [5, 5.41) is -0.229. The van der Waals surface area contributed by atoms with E-state index in [4.69, 9.17) is 5.73 Å². The molecule has 0 spiro atoms. The molecule has 0 aromatic heterocycles. The molecule has 84 valence electrons. The van der Waals surface area contributed by atoms with E-state index in [1.165, 1.54) is 23.7 Å². The van der Waals surface area contributed by atoms with E-state index in [0.29, 0.717) is 18.7 Å². The molecule has 1 heterocycles. The number of imide groups is 1. The van der Waals surface area contributed by atoms with Crippen LogP contribution in [0.4, 0.5) is 0 Å². The zero-order valence-corrected chi connectivity index (χ0v) is 9.71. The zero-order valence-electron chi connectivity index (χ0n) is 8.90. The number of nitrogens with zero attached hydrogens (tertiary/aromatic N) is 2. The lowest BCUT2D eigenvalue weighted by Gasteiger charge is -2.07. The molecule has 1 saturated heterocycles. The van der Waals surface area contributed by atoms with Gasteiger partial charge in [0.1, 0.15) is 0 Å². The maximum absolute atomic E-state index is 11.5. The number of hydrogen-bond donors (Lipinski definition) is 1. The summed E-state index contributed by atoms with van der Waals surface area (Å²) in [5.41, 5.74) is 5.52. The molecule has 0 radical (unpaired) electrons. The first kappa shape index (κ1) is 12.0. The summed E-state index contributed by atoms with van der Waals surface area (Å²) in [7, 11) is 3.16. The molecule has 0 aromatic rings. The standard InChI is InChI=1S/C9H15N3O2S/c1-11-7(10)3-4-15-6-5-8(13)12(2)9(6)14/h6H,3-5H2,1-2H3,(H2,10,11). The molecule has 0 aliphatic carbocycles. The molecule has 1 rings (SSSR count). The Hall–Kier alpha value is -1.04. The van der Waals surface area contributed by atoms with Gasteiger partial charge in [0.25, 0.3) is 0 Å². The number of hydrogen-bond acceptors (Lipinski definition) is 4. The minimum Gasteiger partial charge on any atom is -0.387 e. The lowest BCUT2D eigenvalue weighted by Crippen LogP contribution is -2.26. The highest BCUT2D eigenvalue weighted by Gasteiger charge is 2.35. The van der Waals surface area contributed by atoms with Crippen molar-refractivity contribution >= 4 is 29.4 Å². The fraction of sp³-hybridized carbons (Fsp3) is 0.667. The highest BCUT2D eigenvalue weighted by molar-refractivity contribution is 8.00. The average molecular weight is 229 g/mol. The quantitative estimate of drug-likeness (QED) is 0.413. The minimum absolute atomic E-state index is 0.1000. The van der Waals surface area contributed by atoms with Crippen molar-refractivity contribution in [2.24, 2.45) is 10.7 Å². The van der Waals surface area contributed by atoms with Crippen molar-refractivity contribution in [2.75, 3.05) is 19.8 Å². The van der Waals surface area contributed by atoms with E-state index in [-0.39, 0.29) is 17.1 Å². The van der Waals surface area contributed by atoms with E-state index in [2.05, 4.69) is 4.99 Å². The molecule has 0 bridgehead atoms. The zero-order chi connectivity index (χ0) is 11.4. The molecule has 15 heavy (non-hydrogen) atoms.